The van der Waals surface area contributed by atoms with Crippen LogP contribution >= 0.6 is 0 Å². The zero-order valence-corrected chi connectivity index (χ0v) is 10.5. The minimum atomic E-state index is 0.187. The molecule has 0 aromatic heterocycles. The lowest BCUT2D eigenvalue weighted by Gasteiger charge is -2.37. The maximum absolute atomic E-state index is 11.8. The highest BCUT2D eigenvalue weighted by atomic mass is 16.3. The molecule has 4 nitrogen and oxygen atoms in total. The predicted molar refractivity (Wildman–Crippen MR) is 64.2 cm³/mol. The van der Waals surface area contributed by atoms with Crippen molar-refractivity contribution in [3.05, 3.63) is 0 Å². The standard InChI is InChI=1S/C12H24N2O2/c1-3-13(2)12(16)10-14(8-5-9-15)11-6-4-7-11/h11,15H,3-10H2,1-2H3. The molecule has 1 aliphatic rings. The number of rotatable bonds is 7. The molecule has 0 aliphatic heterocycles. The normalized spacial score (nSPS) is 16.2. The Kier molecular flexibility index (Phi) is 5.77. The van der Waals surface area contributed by atoms with E-state index >= 15 is 0 Å². The van der Waals surface area contributed by atoms with E-state index in [0.29, 0.717) is 12.6 Å². The van der Waals surface area contributed by atoms with Crippen LogP contribution in [0.4, 0.5) is 0 Å². The van der Waals surface area contributed by atoms with Crippen molar-refractivity contribution < 1.29 is 9.90 Å². The Bertz CT molecular complexity index is 217. The van der Waals surface area contributed by atoms with Crippen molar-refractivity contribution in [1.82, 2.24) is 9.80 Å². The molecule has 0 radical (unpaired) electrons. The van der Waals surface area contributed by atoms with Gasteiger partial charge in [0.25, 0.3) is 0 Å². The van der Waals surface area contributed by atoms with E-state index in [9.17, 15) is 4.79 Å². The quantitative estimate of drug-likeness (QED) is 0.697. The fraction of sp³-hybridized carbons (Fsp3) is 0.917. The number of hydrogen-bond acceptors (Lipinski definition) is 3. The van der Waals surface area contributed by atoms with E-state index in [-0.39, 0.29) is 12.5 Å². The van der Waals surface area contributed by atoms with Crippen LogP contribution in [0.3, 0.4) is 0 Å². The Labute approximate surface area is 98.2 Å². The molecule has 0 unspecified atom stereocenters. The summed E-state index contributed by atoms with van der Waals surface area (Å²) in [7, 11) is 1.84. The van der Waals surface area contributed by atoms with Crippen molar-refractivity contribution >= 4 is 5.91 Å². The minimum absolute atomic E-state index is 0.187. The van der Waals surface area contributed by atoms with E-state index in [4.69, 9.17) is 5.11 Å². The molecule has 0 heterocycles. The number of amides is 1. The smallest absolute Gasteiger partial charge is 0.236 e. The molecule has 1 N–H and O–H groups in total. The fourth-order valence-corrected chi connectivity index (χ4v) is 1.89. The maximum atomic E-state index is 11.8. The van der Waals surface area contributed by atoms with E-state index in [1.54, 1.807) is 4.90 Å². The summed E-state index contributed by atoms with van der Waals surface area (Å²) in [6, 6.07) is 0.570. The minimum Gasteiger partial charge on any atom is -0.396 e. The monoisotopic (exact) mass is 228 g/mol. The Hall–Kier alpha value is -0.610. The van der Waals surface area contributed by atoms with Crippen LogP contribution in [0.2, 0.25) is 0 Å². The van der Waals surface area contributed by atoms with Crippen molar-refractivity contribution in [1.29, 1.82) is 0 Å². The lowest BCUT2D eigenvalue weighted by molar-refractivity contribution is -0.132. The van der Waals surface area contributed by atoms with Gasteiger partial charge in [-0.05, 0) is 26.2 Å². The van der Waals surface area contributed by atoms with Gasteiger partial charge in [0.1, 0.15) is 0 Å². The van der Waals surface area contributed by atoms with Crippen molar-refractivity contribution in [2.45, 2.75) is 38.6 Å². The molecule has 0 aromatic carbocycles. The Balaban J connectivity index is 2.39. The van der Waals surface area contributed by atoms with E-state index in [0.717, 1.165) is 19.5 Å². The van der Waals surface area contributed by atoms with Crippen LogP contribution in [0.5, 0.6) is 0 Å². The highest BCUT2D eigenvalue weighted by Crippen LogP contribution is 2.24. The van der Waals surface area contributed by atoms with Crippen molar-refractivity contribution in [3.63, 3.8) is 0 Å². The van der Waals surface area contributed by atoms with Crippen LogP contribution < -0.4 is 0 Å². The highest BCUT2D eigenvalue weighted by molar-refractivity contribution is 5.77. The molecule has 1 amide bonds. The second kappa shape index (κ2) is 6.86. The van der Waals surface area contributed by atoms with Gasteiger partial charge in [-0.3, -0.25) is 9.69 Å². The van der Waals surface area contributed by atoms with Crippen LogP contribution in [-0.2, 0) is 4.79 Å². The first-order valence-electron chi connectivity index (χ1n) is 6.28. The van der Waals surface area contributed by atoms with E-state index in [1.807, 2.05) is 14.0 Å². The molecule has 0 bridgehead atoms. The Morgan fingerprint density at radius 1 is 1.44 bits per heavy atom. The third-order valence-electron chi connectivity index (χ3n) is 3.43. The first kappa shape index (κ1) is 13.5. The molecule has 94 valence electrons. The number of carbonyl (C=O) groups excluding carboxylic acids is 1. The van der Waals surface area contributed by atoms with Crippen LogP contribution in [0, 0.1) is 0 Å². The molecule has 1 fully saturated rings. The van der Waals surface area contributed by atoms with Crippen molar-refractivity contribution in [3.8, 4) is 0 Å². The number of hydrogen-bond donors (Lipinski definition) is 1. The molecule has 16 heavy (non-hydrogen) atoms. The summed E-state index contributed by atoms with van der Waals surface area (Å²) in [5, 5.41) is 8.86. The predicted octanol–water partition coefficient (Wildman–Crippen LogP) is 0.702. The molecular formula is C12H24N2O2. The molecule has 0 atom stereocenters. The second-order valence-electron chi connectivity index (χ2n) is 4.54. The maximum Gasteiger partial charge on any atom is 0.236 e. The van der Waals surface area contributed by atoms with Crippen LogP contribution in [0.25, 0.3) is 0 Å². The first-order valence-corrected chi connectivity index (χ1v) is 6.28. The summed E-state index contributed by atoms with van der Waals surface area (Å²) in [6.07, 6.45) is 4.45. The van der Waals surface area contributed by atoms with E-state index < -0.39 is 0 Å². The average molecular weight is 228 g/mol. The summed E-state index contributed by atoms with van der Waals surface area (Å²) < 4.78 is 0. The van der Waals surface area contributed by atoms with Gasteiger partial charge in [-0.1, -0.05) is 6.42 Å². The van der Waals surface area contributed by atoms with Gasteiger partial charge in [0.2, 0.25) is 5.91 Å². The molecule has 0 aromatic rings. The molecular weight excluding hydrogens is 204 g/mol. The summed E-state index contributed by atoms with van der Waals surface area (Å²) in [5.74, 6) is 0.187. The summed E-state index contributed by atoms with van der Waals surface area (Å²) in [4.78, 5) is 15.8. The topological polar surface area (TPSA) is 43.8 Å². The average Bonchev–Trinajstić information content (AvgIpc) is 2.22. The molecule has 1 aliphatic carbocycles. The van der Waals surface area contributed by atoms with Gasteiger partial charge >= 0.3 is 0 Å². The summed E-state index contributed by atoms with van der Waals surface area (Å²) >= 11 is 0. The highest BCUT2D eigenvalue weighted by Gasteiger charge is 2.26. The van der Waals surface area contributed by atoms with Crippen LogP contribution in [0.1, 0.15) is 32.6 Å². The number of likely N-dealkylation sites (N-methyl/N-ethyl adjacent to an activating group) is 1. The zero-order chi connectivity index (χ0) is 12.0. The van der Waals surface area contributed by atoms with Gasteiger partial charge < -0.3 is 10.0 Å². The number of aliphatic hydroxyl groups is 1. The lowest BCUT2D eigenvalue weighted by Crippen LogP contribution is -2.46. The Morgan fingerprint density at radius 3 is 2.56 bits per heavy atom. The second-order valence-corrected chi connectivity index (χ2v) is 4.54. The SMILES string of the molecule is CCN(C)C(=O)CN(CCCO)C1CCC1. The molecule has 1 rings (SSSR count). The first-order chi connectivity index (χ1) is 7.69. The van der Waals surface area contributed by atoms with Crippen LogP contribution in [-0.4, -0.2) is 60.1 Å². The molecule has 0 spiro atoms. The largest absolute Gasteiger partial charge is 0.396 e. The lowest BCUT2D eigenvalue weighted by atomic mass is 9.91. The number of carbonyl (C=O) groups is 1. The fourth-order valence-electron chi connectivity index (χ4n) is 1.89. The zero-order valence-electron chi connectivity index (χ0n) is 10.5. The van der Waals surface area contributed by atoms with Gasteiger partial charge in [0, 0.05) is 32.8 Å². The van der Waals surface area contributed by atoms with Crippen molar-refractivity contribution in [2.75, 3.05) is 33.3 Å². The van der Waals surface area contributed by atoms with Gasteiger partial charge in [-0.25, -0.2) is 0 Å². The molecule has 4 heteroatoms. The summed E-state index contributed by atoms with van der Waals surface area (Å²) in [5.41, 5.74) is 0. The third-order valence-corrected chi connectivity index (χ3v) is 3.43. The number of nitrogens with zero attached hydrogens (tertiary/aromatic N) is 2. The van der Waals surface area contributed by atoms with Crippen molar-refractivity contribution in [2.24, 2.45) is 0 Å². The van der Waals surface area contributed by atoms with Gasteiger partial charge in [-0.2, -0.15) is 0 Å². The van der Waals surface area contributed by atoms with Gasteiger partial charge in [0.15, 0.2) is 0 Å². The third kappa shape index (κ3) is 3.76. The number of aliphatic hydroxyl groups excluding tert-OH is 1. The van der Waals surface area contributed by atoms with Crippen LogP contribution in [0.15, 0.2) is 0 Å². The van der Waals surface area contributed by atoms with Gasteiger partial charge in [0.05, 0.1) is 6.54 Å². The Morgan fingerprint density at radius 2 is 2.12 bits per heavy atom. The molecule has 0 saturated heterocycles. The summed E-state index contributed by atoms with van der Waals surface area (Å²) in [6.45, 7) is 4.30. The van der Waals surface area contributed by atoms with E-state index in [1.165, 1.54) is 19.3 Å². The van der Waals surface area contributed by atoms with Gasteiger partial charge in [-0.15, -0.1) is 0 Å². The van der Waals surface area contributed by atoms with E-state index in [2.05, 4.69) is 4.90 Å². The molecule has 1 saturated carbocycles.